The van der Waals surface area contributed by atoms with Crippen LogP contribution in [0.1, 0.15) is 26.4 Å². The molecule has 108 valence electrons. The highest BCUT2D eigenvalue weighted by Crippen LogP contribution is 2.09. The number of nitrogens with two attached hydrogens (primary N) is 1. The van der Waals surface area contributed by atoms with Crippen LogP contribution in [0.15, 0.2) is 36.4 Å². The molecular formula is C14H13ClN4O2. The van der Waals surface area contributed by atoms with Crippen LogP contribution in [0.2, 0.25) is 5.15 Å². The second kappa shape index (κ2) is 6.32. The molecule has 0 spiro atoms. The van der Waals surface area contributed by atoms with Gasteiger partial charge >= 0.3 is 0 Å². The largest absolute Gasteiger partial charge is 0.366 e. The number of aromatic nitrogens is 2. The van der Waals surface area contributed by atoms with E-state index in [1.54, 1.807) is 31.3 Å². The fraction of sp³-hybridized carbons (Fsp3) is 0.143. The summed E-state index contributed by atoms with van der Waals surface area (Å²) in [6, 6.07) is 9.77. The minimum atomic E-state index is -0.484. The van der Waals surface area contributed by atoms with Crippen LogP contribution < -0.4 is 5.73 Å². The van der Waals surface area contributed by atoms with Gasteiger partial charge in [-0.2, -0.15) is 0 Å². The van der Waals surface area contributed by atoms with Crippen molar-refractivity contribution in [2.45, 2.75) is 6.54 Å². The zero-order valence-corrected chi connectivity index (χ0v) is 12.0. The maximum atomic E-state index is 12.1. The van der Waals surface area contributed by atoms with Crippen molar-refractivity contribution in [3.63, 3.8) is 0 Å². The smallest absolute Gasteiger partial charge is 0.274 e. The number of carbonyl (C=O) groups is 2. The minimum Gasteiger partial charge on any atom is -0.366 e. The lowest BCUT2D eigenvalue weighted by atomic mass is 10.1. The lowest BCUT2D eigenvalue weighted by Gasteiger charge is -2.16. The Morgan fingerprint density at radius 2 is 1.81 bits per heavy atom. The molecule has 0 bridgehead atoms. The summed E-state index contributed by atoms with van der Waals surface area (Å²) in [7, 11) is 1.65. The first-order chi connectivity index (χ1) is 9.97. The molecule has 2 N–H and O–H groups in total. The third kappa shape index (κ3) is 3.76. The Bertz CT molecular complexity index is 656. The molecule has 0 aliphatic carbocycles. The van der Waals surface area contributed by atoms with Gasteiger partial charge in [-0.25, -0.2) is 0 Å². The molecular weight excluding hydrogens is 292 g/mol. The first kappa shape index (κ1) is 14.9. The first-order valence-corrected chi connectivity index (χ1v) is 6.48. The monoisotopic (exact) mass is 304 g/mol. The molecule has 2 aromatic rings. The Kier molecular flexibility index (Phi) is 4.49. The summed E-state index contributed by atoms with van der Waals surface area (Å²) in [6.07, 6.45) is 0. The van der Waals surface area contributed by atoms with Gasteiger partial charge < -0.3 is 10.6 Å². The van der Waals surface area contributed by atoms with Crippen molar-refractivity contribution >= 4 is 23.4 Å². The molecule has 0 saturated heterocycles. The molecule has 1 aromatic heterocycles. The fourth-order valence-electron chi connectivity index (χ4n) is 1.75. The summed E-state index contributed by atoms with van der Waals surface area (Å²) in [5.41, 5.74) is 6.69. The van der Waals surface area contributed by atoms with E-state index in [-0.39, 0.29) is 16.8 Å². The molecule has 21 heavy (non-hydrogen) atoms. The Morgan fingerprint density at radius 1 is 1.14 bits per heavy atom. The lowest BCUT2D eigenvalue weighted by Crippen LogP contribution is -2.27. The van der Waals surface area contributed by atoms with Gasteiger partial charge in [0.1, 0.15) is 0 Å². The van der Waals surface area contributed by atoms with Gasteiger partial charge in [-0.05, 0) is 29.8 Å². The van der Waals surface area contributed by atoms with E-state index in [2.05, 4.69) is 10.2 Å². The van der Waals surface area contributed by atoms with E-state index in [1.807, 2.05) is 0 Å². The minimum absolute atomic E-state index is 0.218. The number of benzene rings is 1. The maximum absolute atomic E-state index is 12.1. The van der Waals surface area contributed by atoms with Crippen molar-refractivity contribution < 1.29 is 9.59 Å². The van der Waals surface area contributed by atoms with Gasteiger partial charge in [-0.3, -0.25) is 9.59 Å². The van der Waals surface area contributed by atoms with Gasteiger partial charge in [0, 0.05) is 19.2 Å². The van der Waals surface area contributed by atoms with Crippen LogP contribution in [-0.2, 0) is 6.54 Å². The molecule has 6 nitrogen and oxygen atoms in total. The molecule has 7 heteroatoms. The molecule has 0 unspecified atom stereocenters. The number of carbonyl (C=O) groups excluding carboxylic acids is 2. The Balaban J connectivity index is 2.06. The van der Waals surface area contributed by atoms with Crippen LogP contribution >= 0.6 is 11.6 Å². The van der Waals surface area contributed by atoms with E-state index in [9.17, 15) is 9.59 Å². The second-order valence-electron chi connectivity index (χ2n) is 4.46. The summed E-state index contributed by atoms with van der Waals surface area (Å²) >= 11 is 5.63. The molecule has 0 aliphatic rings. The molecule has 0 fully saturated rings. The lowest BCUT2D eigenvalue weighted by molar-refractivity contribution is 0.0777. The van der Waals surface area contributed by atoms with Gasteiger partial charge in [-0.1, -0.05) is 23.7 Å². The summed E-state index contributed by atoms with van der Waals surface area (Å²) in [4.78, 5) is 24.6. The third-order valence-corrected chi connectivity index (χ3v) is 3.06. The molecule has 2 rings (SSSR count). The number of amides is 2. The Hall–Kier alpha value is -2.47. The van der Waals surface area contributed by atoms with Crippen molar-refractivity contribution in [2.24, 2.45) is 5.73 Å². The van der Waals surface area contributed by atoms with Gasteiger partial charge in [0.05, 0.1) is 0 Å². The summed E-state index contributed by atoms with van der Waals surface area (Å²) in [5, 5.41) is 7.61. The zero-order valence-electron chi connectivity index (χ0n) is 11.3. The van der Waals surface area contributed by atoms with E-state index in [0.29, 0.717) is 12.1 Å². The third-order valence-electron chi connectivity index (χ3n) is 2.86. The summed E-state index contributed by atoms with van der Waals surface area (Å²) in [5.74, 6) is -0.749. The van der Waals surface area contributed by atoms with Gasteiger partial charge in [-0.15, -0.1) is 10.2 Å². The highest BCUT2D eigenvalue weighted by Gasteiger charge is 2.14. The van der Waals surface area contributed by atoms with Crippen LogP contribution in [-0.4, -0.2) is 34.0 Å². The van der Waals surface area contributed by atoms with Crippen molar-refractivity contribution in [3.05, 3.63) is 58.4 Å². The summed E-state index contributed by atoms with van der Waals surface area (Å²) < 4.78 is 0. The van der Waals surface area contributed by atoms with Crippen LogP contribution in [0.5, 0.6) is 0 Å². The number of hydrogen-bond donors (Lipinski definition) is 1. The molecule has 0 radical (unpaired) electrons. The molecule has 2 amide bonds. The second-order valence-corrected chi connectivity index (χ2v) is 4.85. The quantitative estimate of drug-likeness (QED) is 0.927. The van der Waals surface area contributed by atoms with Crippen molar-refractivity contribution in [1.82, 2.24) is 15.1 Å². The van der Waals surface area contributed by atoms with E-state index >= 15 is 0 Å². The van der Waals surface area contributed by atoms with Gasteiger partial charge in [0.15, 0.2) is 10.8 Å². The standard InChI is InChI=1S/C14H13ClN4O2/c1-19(14(21)11-6-7-12(15)18-17-11)8-9-2-4-10(5-3-9)13(16)20/h2-7H,8H2,1H3,(H2,16,20). The summed E-state index contributed by atoms with van der Waals surface area (Å²) in [6.45, 7) is 0.377. The first-order valence-electron chi connectivity index (χ1n) is 6.11. The van der Waals surface area contributed by atoms with E-state index < -0.39 is 5.91 Å². The molecule has 1 aromatic carbocycles. The van der Waals surface area contributed by atoms with E-state index in [4.69, 9.17) is 17.3 Å². The fourth-order valence-corrected chi connectivity index (χ4v) is 1.85. The van der Waals surface area contributed by atoms with E-state index in [0.717, 1.165) is 5.56 Å². The number of rotatable bonds is 4. The normalized spacial score (nSPS) is 10.2. The van der Waals surface area contributed by atoms with Gasteiger partial charge in [0.2, 0.25) is 5.91 Å². The molecule has 0 atom stereocenters. The Labute approximate surface area is 126 Å². The Morgan fingerprint density at radius 3 is 2.33 bits per heavy atom. The average molecular weight is 305 g/mol. The van der Waals surface area contributed by atoms with Crippen LogP contribution in [0, 0.1) is 0 Å². The molecule has 1 heterocycles. The van der Waals surface area contributed by atoms with Crippen LogP contribution in [0.25, 0.3) is 0 Å². The zero-order chi connectivity index (χ0) is 15.4. The van der Waals surface area contributed by atoms with Crippen molar-refractivity contribution in [2.75, 3.05) is 7.05 Å². The van der Waals surface area contributed by atoms with Crippen LogP contribution in [0.4, 0.5) is 0 Å². The topological polar surface area (TPSA) is 89.2 Å². The van der Waals surface area contributed by atoms with Gasteiger partial charge in [0.25, 0.3) is 5.91 Å². The predicted octanol–water partition coefficient (Wildman–Crippen LogP) is 1.50. The number of hydrogen-bond acceptors (Lipinski definition) is 4. The number of nitrogens with zero attached hydrogens (tertiary/aromatic N) is 3. The van der Waals surface area contributed by atoms with E-state index in [1.165, 1.54) is 17.0 Å². The molecule has 0 saturated carbocycles. The highest BCUT2D eigenvalue weighted by atomic mass is 35.5. The van der Waals surface area contributed by atoms with Crippen LogP contribution in [0.3, 0.4) is 0 Å². The molecule has 0 aliphatic heterocycles. The van der Waals surface area contributed by atoms with Crippen molar-refractivity contribution in [3.8, 4) is 0 Å². The highest BCUT2D eigenvalue weighted by molar-refractivity contribution is 6.29. The average Bonchev–Trinajstić information content (AvgIpc) is 2.47. The predicted molar refractivity (Wildman–Crippen MR) is 77.8 cm³/mol. The number of primary amides is 1. The maximum Gasteiger partial charge on any atom is 0.274 e. The SMILES string of the molecule is CN(Cc1ccc(C(N)=O)cc1)C(=O)c1ccc(Cl)nn1. The number of halogens is 1. The van der Waals surface area contributed by atoms with Crippen molar-refractivity contribution in [1.29, 1.82) is 0 Å².